The molecule has 0 amide bonds. The predicted octanol–water partition coefficient (Wildman–Crippen LogP) is 3.43. The number of hydrogen-bond acceptors (Lipinski definition) is 5. The quantitative estimate of drug-likeness (QED) is 0.812. The first kappa shape index (κ1) is 16.1. The molecule has 2 aromatic rings. The molecule has 6 heteroatoms. The maximum absolute atomic E-state index is 4.26. The van der Waals surface area contributed by atoms with Crippen LogP contribution in [0, 0.1) is 5.92 Å². The highest BCUT2D eigenvalue weighted by Crippen LogP contribution is 2.28. The van der Waals surface area contributed by atoms with Gasteiger partial charge in [-0.15, -0.1) is 16.4 Å². The number of rotatable bonds is 8. The van der Waals surface area contributed by atoms with E-state index in [0.717, 1.165) is 25.2 Å². The topological polar surface area (TPSA) is 55.6 Å². The Morgan fingerprint density at radius 2 is 2.14 bits per heavy atom. The Labute approximate surface area is 130 Å². The van der Waals surface area contributed by atoms with Crippen molar-refractivity contribution in [3.8, 4) is 0 Å². The van der Waals surface area contributed by atoms with Gasteiger partial charge in [-0.25, -0.2) is 4.68 Å². The van der Waals surface area contributed by atoms with Gasteiger partial charge in [0.2, 0.25) is 0 Å². The molecular formula is C15H25N5S. The number of hydrogen-bond donors (Lipinski definition) is 1. The second kappa shape index (κ2) is 7.66. The molecule has 0 spiro atoms. The monoisotopic (exact) mass is 307 g/mol. The molecule has 5 nitrogen and oxygen atoms in total. The molecule has 0 aromatic carbocycles. The van der Waals surface area contributed by atoms with E-state index >= 15 is 0 Å². The van der Waals surface area contributed by atoms with E-state index in [2.05, 4.69) is 66.0 Å². The normalized spacial score (nSPS) is 14.5. The molecule has 21 heavy (non-hydrogen) atoms. The van der Waals surface area contributed by atoms with Crippen LogP contribution in [0.2, 0.25) is 0 Å². The SMILES string of the molecule is CCCC(c1cccs1)n1nnnc1C(C)NCC(C)C. The lowest BCUT2D eigenvalue weighted by Crippen LogP contribution is -2.27. The van der Waals surface area contributed by atoms with Gasteiger partial charge in [0, 0.05) is 4.88 Å². The minimum absolute atomic E-state index is 0.154. The van der Waals surface area contributed by atoms with E-state index in [1.165, 1.54) is 4.88 Å². The summed E-state index contributed by atoms with van der Waals surface area (Å²) in [6, 6.07) is 4.65. The molecule has 0 saturated carbocycles. The number of nitrogens with zero attached hydrogens (tertiary/aromatic N) is 4. The van der Waals surface area contributed by atoms with Crippen molar-refractivity contribution in [1.82, 2.24) is 25.5 Å². The average molecular weight is 307 g/mol. The van der Waals surface area contributed by atoms with Gasteiger partial charge in [0.05, 0.1) is 12.1 Å². The highest BCUT2D eigenvalue weighted by molar-refractivity contribution is 7.10. The van der Waals surface area contributed by atoms with Crippen molar-refractivity contribution < 1.29 is 0 Å². The van der Waals surface area contributed by atoms with Crippen LogP contribution in [0.25, 0.3) is 0 Å². The van der Waals surface area contributed by atoms with Gasteiger partial charge >= 0.3 is 0 Å². The van der Waals surface area contributed by atoms with E-state index < -0.39 is 0 Å². The van der Waals surface area contributed by atoms with Crippen molar-refractivity contribution >= 4 is 11.3 Å². The highest BCUT2D eigenvalue weighted by atomic mass is 32.1. The molecule has 0 aliphatic carbocycles. The third-order valence-electron chi connectivity index (χ3n) is 3.47. The van der Waals surface area contributed by atoms with Crippen LogP contribution in [0.15, 0.2) is 17.5 Å². The molecule has 116 valence electrons. The Bertz CT molecular complexity index is 520. The Morgan fingerprint density at radius 3 is 2.76 bits per heavy atom. The summed E-state index contributed by atoms with van der Waals surface area (Å²) in [7, 11) is 0. The van der Waals surface area contributed by atoms with Gasteiger partial charge in [-0.1, -0.05) is 33.3 Å². The van der Waals surface area contributed by atoms with Crippen LogP contribution in [0.4, 0.5) is 0 Å². The van der Waals surface area contributed by atoms with Crippen LogP contribution in [0.1, 0.15) is 63.3 Å². The zero-order valence-corrected chi connectivity index (χ0v) is 14.1. The van der Waals surface area contributed by atoms with E-state index in [9.17, 15) is 0 Å². The van der Waals surface area contributed by atoms with E-state index in [1.54, 1.807) is 11.3 Å². The molecule has 0 aliphatic heterocycles. The Kier molecular flexibility index (Phi) is 5.87. The maximum Gasteiger partial charge on any atom is 0.168 e. The van der Waals surface area contributed by atoms with E-state index in [1.807, 2.05) is 4.68 Å². The second-order valence-corrected chi connectivity index (χ2v) is 6.80. The lowest BCUT2D eigenvalue weighted by atomic mass is 10.1. The molecular weight excluding hydrogens is 282 g/mol. The number of tetrazole rings is 1. The molecule has 0 fully saturated rings. The zero-order chi connectivity index (χ0) is 15.2. The van der Waals surface area contributed by atoms with Gasteiger partial charge in [-0.2, -0.15) is 0 Å². The Morgan fingerprint density at radius 1 is 1.33 bits per heavy atom. The third kappa shape index (κ3) is 4.11. The van der Waals surface area contributed by atoms with Gasteiger partial charge in [-0.05, 0) is 47.7 Å². The van der Waals surface area contributed by atoms with Gasteiger partial charge in [0.1, 0.15) is 0 Å². The molecule has 0 radical (unpaired) electrons. The summed E-state index contributed by atoms with van der Waals surface area (Å²) in [5.74, 6) is 1.53. The van der Waals surface area contributed by atoms with Crippen LogP contribution in [0.5, 0.6) is 0 Å². The molecule has 2 heterocycles. The fourth-order valence-electron chi connectivity index (χ4n) is 2.35. The van der Waals surface area contributed by atoms with Crippen LogP contribution < -0.4 is 5.32 Å². The first-order valence-electron chi connectivity index (χ1n) is 7.68. The van der Waals surface area contributed by atoms with Crippen LogP contribution in [0.3, 0.4) is 0 Å². The van der Waals surface area contributed by atoms with Crippen LogP contribution >= 0.6 is 11.3 Å². The molecule has 0 aliphatic rings. The van der Waals surface area contributed by atoms with Gasteiger partial charge in [0.25, 0.3) is 0 Å². The summed E-state index contributed by atoms with van der Waals surface area (Å²) in [5, 5.41) is 18.0. The lowest BCUT2D eigenvalue weighted by molar-refractivity contribution is 0.417. The fourth-order valence-corrected chi connectivity index (χ4v) is 3.20. The average Bonchev–Trinajstić information content (AvgIpc) is 3.13. The standard InChI is InChI=1S/C15H25N5S/c1-5-7-13(14-8-6-9-21-14)20-15(17-18-19-20)12(4)16-10-11(2)3/h6,8-9,11-13,16H,5,7,10H2,1-4H3. The summed E-state index contributed by atoms with van der Waals surface area (Å²) in [6.07, 6.45) is 2.16. The van der Waals surface area contributed by atoms with Crippen molar-refractivity contribution in [2.45, 2.75) is 52.6 Å². The van der Waals surface area contributed by atoms with Gasteiger partial charge in [0.15, 0.2) is 5.82 Å². The van der Waals surface area contributed by atoms with Crippen LogP contribution in [-0.4, -0.2) is 26.8 Å². The van der Waals surface area contributed by atoms with E-state index in [-0.39, 0.29) is 12.1 Å². The second-order valence-electron chi connectivity index (χ2n) is 5.83. The first-order chi connectivity index (χ1) is 10.1. The minimum Gasteiger partial charge on any atom is -0.307 e. The molecule has 1 N–H and O–H groups in total. The first-order valence-corrected chi connectivity index (χ1v) is 8.56. The zero-order valence-electron chi connectivity index (χ0n) is 13.3. The minimum atomic E-state index is 0.154. The van der Waals surface area contributed by atoms with Crippen molar-refractivity contribution in [3.63, 3.8) is 0 Å². The van der Waals surface area contributed by atoms with Crippen molar-refractivity contribution in [3.05, 3.63) is 28.2 Å². The molecule has 2 rings (SSSR count). The fraction of sp³-hybridized carbons (Fsp3) is 0.667. The lowest BCUT2D eigenvalue weighted by Gasteiger charge is -2.20. The molecule has 0 bridgehead atoms. The highest BCUT2D eigenvalue weighted by Gasteiger charge is 2.22. The summed E-state index contributed by atoms with van der Waals surface area (Å²) in [6.45, 7) is 9.70. The number of aromatic nitrogens is 4. The third-order valence-corrected chi connectivity index (χ3v) is 4.44. The Hall–Kier alpha value is -1.27. The molecule has 0 saturated heterocycles. The smallest absolute Gasteiger partial charge is 0.168 e. The summed E-state index contributed by atoms with van der Waals surface area (Å²) >= 11 is 1.77. The summed E-state index contributed by atoms with van der Waals surface area (Å²) in [5.41, 5.74) is 0. The summed E-state index contributed by atoms with van der Waals surface area (Å²) in [4.78, 5) is 1.32. The number of thiophene rings is 1. The number of nitrogens with one attached hydrogen (secondary N) is 1. The van der Waals surface area contributed by atoms with Crippen molar-refractivity contribution in [2.75, 3.05) is 6.54 Å². The molecule has 2 atom stereocenters. The molecule has 2 unspecified atom stereocenters. The van der Waals surface area contributed by atoms with Crippen molar-refractivity contribution in [2.24, 2.45) is 5.92 Å². The van der Waals surface area contributed by atoms with Crippen LogP contribution in [-0.2, 0) is 0 Å². The molecule has 2 aromatic heterocycles. The van der Waals surface area contributed by atoms with E-state index in [4.69, 9.17) is 0 Å². The maximum atomic E-state index is 4.26. The predicted molar refractivity (Wildman–Crippen MR) is 86.4 cm³/mol. The Balaban J connectivity index is 2.20. The van der Waals surface area contributed by atoms with Gasteiger partial charge in [-0.3, -0.25) is 0 Å². The van der Waals surface area contributed by atoms with Crippen molar-refractivity contribution in [1.29, 1.82) is 0 Å². The van der Waals surface area contributed by atoms with E-state index in [0.29, 0.717) is 5.92 Å². The largest absolute Gasteiger partial charge is 0.307 e. The van der Waals surface area contributed by atoms with Gasteiger partial charge < -0.3 is 5.32 Å². The summed E-state index contributed by atoms with van der Waals surface area (Å²) < 4.78 is 1.99.